The summed E-state index contributed by atoms with van der Waals surface area (Å²) >= 11 is 0. The lowest BCUT2D eigenvalue weighted by molar-refractivity contribution is -0.132. The van der Waals surface area contributed by atoms with Gasteiger partial charge in [0.15, 0.2) is 0 Å². The molecule has 0 aromatic rings. The zero-order valence-corrected chi connectivity index (χ0v) is 10.8. The number of rotatable bonds is 4. The Labute approximate surface area is 98.9 Å². The third kappa shape index (κ3) is 4.79. The lowest BCUT2D eigenvalue weighted by Crippen LogP contribution is -2.41. The summed E-state index contributed by atoms with van der Waals surface area (Å²) in [6, 6.07) is 0. The van der Waals surface area contributed by atoms with Crippen molar-refractivity contribution in [3.8, 4) is 0 Å². The zero-order chi connectivity index (χ0) is 12.2. The first-order chi connectivity index (χ1) is 7.38. The highest BCUT2D eigenvalue weighted by atomic mass is 16.2. The van der Waals surface area contributed by atoms with Crippen molar-refractivity contribution in [2.45, 2.75) is 45.6 Å². The molecular weight excluding hydrogens is 200 g/mol. The van der Waals surface area contributed by atoms with Crippen molar-refractivity contribution < 1.29 is 4.79 Å². The minimum atomic E-state index is 0.106. The van der Waals surface area contributed by atoms with Gasteiger partial charge in [-0.2, -0.15) is 0 Å². The lowest BCUT2D eigenvalue weighted by Gasteiger charge is -2.28. The van der Waals surface area contributed by atoms with Crippen LogP contribution in [0.15, 0.2) is 12.2 Å². The Hall–Kier alpha value is -0.830. The minimum absolute atomic E-state index is 0.106. The Balaban J connectivity index is 2.30. The molecular formula is C13H24N2O. The standard InChI is InChI=1S/C13H24N2O/c1-11(9-14-13(2,3)4)10-15-8-6-5-7-12(15)16/h14H,1,5-10H2,2-4H3. The zero-order valence-electron chi connectivity index (χ0n) is 10.8. The van der Waals surface area contributed by atoms with E-state index in [2.05, 4.69) is 32.7 Å². The van der Waals surface area contributed by atoms with Crippen LogP contribution in [0.4, 0.5) is 0 Å². The Kier molecular flexibility index (Phi) is 4.54. The third-order valence-electron chi connectivity index (χ3n) is 2.70. The maximum absolute atomic E-state index is 11.6. The van der Waals surface area contributed by atoms with Gasteiger partial charge in [-0.05, 0) is 39.2 Å². The maximum atomic E-state index is 11.6. The van der Waals surface area contributed by atoms with Crippen LogP contribution < -0.4 is 5.32 Å². The van der Waals surface area contributed by atoms with Crippen molar-refractivity contribution in [3.63, 3.8) is 0 Å². The van der Waals surface area contributed by atoms with E-state index in [9.17, 15) is 4.79 Å². The summed E-state index contributed by atoms with van der Waals surface area (Å²) in [5.74, 6) is 0.281. The van der Waals surface area contributed by atoms with Crippen LogP contribution in [-0.4, -0.2) is 36.0 Å². The van der Waals surface area contributed by atoms with E-state index in [1.165, 1.54) is 0 Å². The number of hydrogen-bond acceptors (Lipinski definition) is 2. The molecule has 1 fully saturated rings. The van der Waals surface area contributed by atoms with Gasteiger partial charge in [0.25, 0.3) is 0 Å². The molecule has 1 amide bonds. The molecule has 3 heteroatoms. The second-order valence-corrected chi connectivity index (χ2v) is 5.63. The third-order valence-corrected chi connectivity index (χ3v) is 2.70. The van der Waals surface area contributed by atoms with Crippen LogP contribution in [0.3, 0.4) is 0 Å². The Morgan fingerprint density at radius 2 is 2.12 bits per heavy atom. The molecule has 0 bridgehead atoms. The average molecular weight is 224 g/mol. The van der Waals surface area contributed by atoms with Gasteiger partial charge in [-0.3, -0.25) is 4.79 Å². The van der Waals surface area contributed by atoms with Crippen LogP contribution in [0.5, 0.6) is 0 Å². The van der Waals surface area contributed by atoms with Crippen molar-refractivity contribution in [1.29, 1.82) is 0 Å². The number of nitrogens with one attached hydrogen (secondary N) is 1. The quantitative estimate of drug-likeness (QED) is 0.740. The van der Waals surface area contributed by atoms with Gasteiger partial charge in [0.2, 0.25) is 5.91 Å². The first-order valence-corrected chi connectivity index (χ1v) is 6.08. The number of carbonyl (C=O) groups is 1. The van der Waals surface area contributed by atoms with Gasteiger partial charge >= 0.3 is 0 Å². The first-order valence-electron chi connectivity index (χ1n) is 6.08. The number of likely N-dealkylation sites (tertiary alicyclic amines) is 1. The minimum Gasteiger partial charge on any atom is -0.339 e. The van der Waals surface area contributed by atoms with E-state index in [4.69, 9.17) is 0 Å². The lowest BCUT2D eigenvalue weighted by atomic mass is 10.1. The summed E-state index contributed by atoms with van der Waals surface area (Å²) in [5.41, 5.74) is 1.19. The van der Waals surface area contributed by atoms with Crippen molar-refractivity contribution in [2.75, 3.05) is 19.6 Å². The Bertz CT molecular complexity index is 266. The van der Waals surface area contributed by atoms with Crippen LogP contribution in [0.1, 0.15) is 40.0 Å². The van der Waals surface area contributed by atoms with Crippen LogP contribution in [0, 0.1) is 0 Å². The summed E-state index contributed by atoms with van der Waals surface area (Å²) in [7, 11) is 0. The fraction of sp³-hybridized carbons (Fsp3) is 0.769. The molecule has 0 spiro atoms. The van der Waals surface area contributed by atoms with Gasteiger partial charge in [-0.1, -0.05) is 6.58 Å². The van der Waals surface area contributed by atoms with E-state index >= 15 is 0 Å². The fourth-order valence-electron chi connectivity index (χ4n) is 1.74. The fourth-order valence-corrected chi connectivity index (χ4v) is 1.74. The van der Waals surface area contributed by atoms with E-state index in [0.717, 1.165) is 31.5 Å². The molecule has 1 saturated heterocycles. The number of hydrogen-bond donors (Lipinski definition) is 1. The highest BCUT2D eigenvalue weighted by Gasteiger charge is 2.18. The van der Waals surface area contributed by atoms with Gasteiger partial charge in [0.1, 0.15) is 0 Å². The molecule has 1 rings (SSSR count). The first kappa shape index (κ1) is 13.2. The summed E-state index contributed by atoms with van der Waals surface area (Å²) in [4.78, 5) is 13.5. The molecule has 0 aliphatic carbocycles. The van der Waals surface area contributed by atoms with Crippen molar-refractivity contribution in [1.82, 2.24) is 10.2 Å². The molecule has 0 aromatic heterocycles. The molecule has 1 heterocycles. The molecule has 1 N–H and O–H groups in total. The number of amides is 1. The van der Waals surface area contributed by atoms with Gasteiger partial charge in [0.05, 0.1) is 0 Å². The van der Waals surface area contributed by atoms with Crippen molar-refractivity contribution in [3.05, 3.63) is 12.2 Å². The van der Waals surface area contributed by atoms with Crippen LogP contribution in [0.25, 0.3) is 0 Å². The number of nitrogens with zero attached hydrogens (tertiary/aromatic N) is 1. The van der Waals surface area contributed by atoms with Gasteiger partial charge in [-0.25, -0.2) is 0 Å². The van der Waals surface area contributed by atoms with Crippen molar-refractivity contribution in [2.24, 2.45) is 0 Å². The van der Waals surface area contributed by atoms with Crippen molar-refractivity contribution >= 4 is 5.91 Å². The number of carbonyl (C=O) groups excluding carboxylic acids is 1. The molecule has 92 valence electrons. The monoisotopic (exact) mass is 224 g/mol. The summed E-state index contributed by atoms with van der Waals surface area (Å²) in [6.07, 6.45) is 2.88. The molecule has 16 heavy (non-hydrogen) atoms. The Morgan fingerprint density at radius 3 is 2.69 bits per heavy atom. The van der Waals surface area contributed by atoms with E-state index in [1.54, 1.807) is 0 Å². The second-order valence-electron chi connectivity index (χ2n) is 5.63. The summed E-state index contributed by atoms with van der Waals surface area (Å²) < 4.78 is 0. The topological polar surface area (TPSA) is 32.3 Å². The predicted octanol–water partition coefficient (Wildman–Crippen LogP) is 1.94. The molecule has 0 saturated carbocycles. The summed E-state index contributed by atoms with van der Waals surface area (Å²) in [6.45, 7) is 12.8. The Morgan fingerprint density at radius 1 is 1.44 bits per heavy atom. The SMILES string of the molecule is C=C(CNC(C)(C)C)CN1CCCCC1=O. The average Bonchev–Trinajstić information content (AvgIpc) is 2.18. The van der Waals surface area contributed by atoms with Crippen LogP contribution in [0.2, 0.25) is 0 Å². The van der Waals surface area contributed by atoms with E-state index in [1.807, 2.05) is 4.90 Å². The molecule has 0 unspecified atom stereocenters. The highest BCUT2D eigenvalue weighted by Crippen LogP contribution is 2.11. The van der Waals surface area contributed by atoms with Gasteiger partial charge in [0, 0.05) is 31.6 Å². The smallest absolute Gasteiger partial charge is 0.222 e. The van der Waals surface area contributed by atoms with E-state index in [0.29, 0.717) is 13.0 Å². The largest absolute Gasteiger partial charge is 0.339 e. The van der Waals surface area contributed by atoms with Crippen LogP contribution in [-0.2, 0) is 4.79 Å². The highest BCUT2D eigenvalue weighted by molar-refractivity contribution is 5.77. The molecule has 3 nitrogen and oxygen atoms in total. The number of piperidine rings is 1. The normalized spacial score (nSPS) is 17.7. The van der Waals surface area contributed by atoms with E-state index in [-0.39, 0.29) is 11.4 Å². The van der Waals surface area contributed by atoms with Gasteiger partial charge in [-0.15, -0.1) is 0 Å². The van der Waals surface area contributed by atoms with E-state index < -0.39 is 0 Å². The molecule has 1 aliphatic rings. The molecule has 0 radical (unpaired) electrons. The molecule has 1 aliphatic heterocycles. The summed E-state index contributed by atoms with van der Waals surface area (Å²) in [5, 5.41) is 3.39. The predicted molar refractivity (Wildman–Crippen MR) is 67.3 cm³/mol. The second kappa shape index (κ2) is 5.48. The van der Waals surface area contributed by atoms with Gasteiger partial charge < -0.3 is 10.2 Å². The molecule has 0 aromatic carbocycles. The maximum Gasteiger partial charge on any atom is 0.222 e. The van der Waals surface area contributed by atoms with Crippen LogP contribution >= 0.6 is 0 Å². The molecule has 0 atom stereocenters.